The number of nitrogens with two attached hydrogens (primary N) is 2. The lowest BCUT2D eigenvalue weighted by Crippen LogP contribution is -2.46. The zero-order valence-electron chi connectivity index (χ0n) is 12.2. The molecule has 1 aromatic rings. The largest absolute Gasteiger partial charge is 0.492 e. The summed E-state index contributed by atoms with van der Waals surface area (Å²) in [5.41, 5.74) is 5.94. The maximum atomic E-state index is 11.1. The minimum absolute atomic E-state index is 0.0912. The average Bonchev–Trinajstić information content (AvgIpc) is 2.41. The maximum Gasteiger partial charge on any atom is 0.238 e. The van der Waals surface area contributed by atoms with E-state index in [1.165, 1.54) is 12.1 Å². The van der Waals surface area contributed by atoms with Gasteiger partial charge in [0, 0.05) is 25.2 Å². The van der Waals surface area contributed by atoms with E-state index >= 15 is 0 Å². The molecular weight excluding hydrogens is 290 g/mol. The summed E-state index contributed by atoms with van der Waals surface area (Å²) in [6, 6.07) is 6.93. The van der Waals surface area contributed by atoms with Crippen LogP contribution in [0.15, 0.2) is 29.2 Å². The minimum atomic E-state index is -3.65. The van der Waals surface area contributed by atoms with E-state index in [2.05, 4.69) is 11.8 Å². The third kappa shape index (κ3) is 4.67. The van der Waals surface area contributed by atoms with Crippen molar-refractivity contribution in [3.63, 3.8) is 0 Å². The Morgan fingerprint density at radius 1 is 1.33 bits per heavy atom. The molecule has 7 heteroatoms. The fraction of sp³-hybridized carbons (Fsp3) is 0.571. The van der Waals surface area contributed by atoms with E-state index in [9.17, 15) is 8.42 Å². The van der Waals surface area contributed by atoms with Crippen molar-refractivity contribution in [1.29, 1.82) is 0 Å². The molecule has 6 nitrogen and oxygen atoms in total. The monoisotopic (exact) mass is 313 g/mol. The van der Waals surface area contributed by atoms with E-state index in [0.717, 1.165) is 25.9 Å². The van der Waals surface area contributed by atoms with Crippen LogP contribution < -0.4 is 15.6 Å². The second-order valence-electron chi connectivity index (χ2n) is 5.53. The Balaban J connectivity index is 1.81. The molecule has 2 unspecified atom stereocenters. The zero-order valence-corrected chi connectivity index (χ0v) is 13.1. The van der Waals surface area contributed by atoms with Crippen LogP contribution in [0.2, 0.25) is 0 Å². The van der Waals surface area contributed by atoms with Gasteiger partial charge in [-0.05, 0) is 44.0 Å². The summed E-state index contributed by atoms with van der Waals surface area (Å²) < 4.78 is 27.9. The van der Waals surface area contributed by atoms with Crippen molar-refractivity contribution in [2.24, 2.45) is 10.9 Å². The third-order valence-corrected chi connectivity index (χ3v) is 4.78. The van der Waals surface area contributed by atoms with Crippen molar-refractivity contribution < 1.29 is 13.2 Å². The molecule has 0 bridgehead atoms. The van der Waals surface area contributed by atoms with Gasteiger partial charge in [-0.1, -0.05) is 0 Å². The lowest BCUT2D eigenvalue weighted by Gasteiger charge is -2.36. The van der Waals surface area contributed by atoms with Crippen LogP contribution in [0.3, 0.4) is 0 Å². The summed E-state index contributed by atoms with van der Waals surface area (Å²) in [6.45, 7) is 4.58. The molecule has 1 heterocycles. The Morgan fingerprint density at radius 3 is 2.57 bits per heavy atom. The molecule has 1 aromatic carbocycles. The van der Waals surface area contributed by atoms with Gasteiger partial charge < -0.3 is 10.5 Å². The van der Waals surface area contributed by atoms with Gasteiger partial charge in [0.2, 0.25) is 10.0 Å². The third-order valence-electron chi connectivity index (χ3n) is 3.85. The number of benzene rings is 1. The molecular formula is C14H23N3O3S. The molecule has 0 spiro atoms. The molecule has 1 aliphatic rings. The first kappa shape index (κ1) is 16.2. The lowest BCUT2D eigenvalue weighted by atomic mass is 9.99. The van der Waals surface area contributed by atoms with E-state index in [-0.39, 0.29) is 4.90 Å². The highest BCUT2D eigenvalue weighted by molar-refractivity contribution is 7.89. The lowest BCUT2D eigenvalue weighted by molar-refractivity contribution is 0.123. The SMILES string of the molecule is CC1CC(N)CCN1CCOc1ccc(S(N)(=O)=O)cc1. The fourth-order valence-corrected chi connectivity index (χ4v) is 3.11. The number of hydrogen-bond acceptors (Lipinski definition) is 5. The van der Waals surface area contributed by atoms with Crippen molar-refractivity contribution in [1.82, 2.24) is 4.90 Å². The molecule has 2 atom stereocenters. The first-order valence-corrected chi connectivity index (χ1v) is 8.66. The zero-order chi connectivity index (χ0) is 15.5. The normalized spacial score (nSPS) is 24.0. The van der Waals surface area contributed by atoms with E-state index in [1.54, 1.807) is 12.1 Å². The molecule has 1 saturated heterocycles. The van der Waals surface area contributed by atoms with Crippen LogP contribution in [-0.2, 0) is 10.0 Å². The van der Waals surface area contributed by atoms with Gasteiger partial charge in [0.25, 0.3) is 0 Å². The molecule has 0 radical (unpaired) electrons. The van der Waals surface area contributed by atoms with Crippen LogP contribution in [0.1, 0.15) is 19.8 Å². The minimum Gasteiger partial charge on any atom is -0.492 e. The number of sulfonamides is 1. The first-order valence-electron chi connectivity index (χ1n) is 7.11. The smallest absolute Gasteiger partial charge is 0.238 e. The number of rotatable bonds is 5. The average molecular weight is 313 g/mol. The molecule has 4 N–H and O–H groups in total. The van der Waals surface area contributed by atoms with Crippen LogP contribution in [0.4, 0.5) is 0 Å². The summed E-state index contributed by atoms with van der Waals surface area (Å²) in [6.07, 6.45) is 2.04. The van der Waals surface area contributed by atoms with Gasteiger partial charge >= 0.3 is 0 Å². The number of likely N-dealkylation sites (tertiary alicyclic amines) is 1. The van der Waals surface area contributed by atoms with Crippen LogP contribution in [-0.4, -0.2) is 45.1 Å². The van der Waals surface area contributed by atoms with Crippen LogP contribution in [0, 0.1) is 0 Å². The fourth-order valence-electron chi connectivity index (χ4n) is 2.60. The summed E-state index contributed by atoms with van der Waals surface area (Å²) in [5, 5.41) is 5.05. The van der Waals surface area contributed by atoms with Crippen LogP contribution in [0.25, 0.3) is 0 Å². The molecule has 118 valence electrons. The Hall–Kier alpha value is -1.15. The highest BCUT2D eigenvalue weighted by Gasteiger charge is 2.22. The summed E-state index contributed by atoms with van der Waals surface area (Å²) in [5.74, 6) is 0.642. The molecule has 21 heavy (non-hydrogen) atoms. The van der Waals surface area contributed by atoms with Crippen molar-refractivity contribution in [2.45, 2.75) is 36.7 Å². The Bertz CT molecular complexity index is 559. The standard InChI is InChI=1S/C14H23N3O3S/c1-11-10-12(15)6-7-17(11)8-9-20-13-2-4-14(5-3-13)21(16,18)19/h2-5,11-12H,6-10,15H2,1H3,(H2,16,18,19). The summed E-state index contributed by atoms with van der Waals surface area (Å²) >= 11 is 0. The molecule has 1 aliphatic heterocycles. The molecule has 0 aromatic heterocycles. The topological polar surface area (TPSA) is 98.6 Å². The van der Waals surface area contributed by atoms with Gasteiger partial charge in [0.05, 0.1) is 4.90 Å². The highest BCUT2D eigenvalue weighted by atomic mass is 32.2. The molecule has 0 aliphatic carbocycles. The molecule has 1 fully saturated rings. The predicted octanol–water partition coefficient (Wildman–Crippen LogP) is 0.524. The van der Waals surface area contributed by atoms with Gasteiger partial charge in [-0.25, -0.2) is 13.6 Å². The number of hydrogen-bond donors (Lipinski definition) is 2. The van der Waals surface area contributed by atoms with Crippen LogP contribution in [0.5, 0.6) is 5.75 Å². The Kier molecular flexibility index (Phi) is 5.21. The summed E-state index contributed by atoms with van der Waals surface area (Å²) in [7, 11) is -3.65. The Labute approximate surface area is 126 Å². The van der Waals surface area contributed by atoms with Crippen molar-refractivity contribution in [3.05, 3.63) is 24.3 Å². The van der Waals surface area contributed by atoms with Crippen molar-refractivity contribution >= 4 is 10.0 Å². The predicted molar refractivity (Wildman–Crippen MR) is 81.6 cm³/mol. The molecule has 0 amide bonds. The quantitative estimate of drug-likeness (QED) is 0.826. The second kappa shape index (κ2) is 6.74. The van der Waals surface area contributed by atoms with E-state index in [0.29, 0.717) is 24.4 Å². The molecule has 0 saturated carbocycles. The highest BCUT2D eigenvalue weighted by Crippen LogP contribution is 2.17. The van der Waals surface area contributed by atoms with Crippen LogP contribution >= 0.6 is 0 Å². The second-order valence-corrected chi connectivity index (χ2v) is 7.10. The van der Waals surface area contributed by atoms with E-state index < -0.39 is 10.0 Å². The molecule has 2 rings (SSSR count). The van der Waals surface area contributed by atoms with Gasteiger partial charge in [-0.3, -0.25) is 4.90 Å². The van der Waals surface area contributed by atoms with Crippen molar-refractivity contribution in [3.8, 4) is 5.75 Å². The summed E-state index contributed by atoms with van der Waals surface area (Å²) in [4.78, 5) is 2.45. The van der Waals surface area contributed by atoms with E-state index in [4.69, 9.17) is 15.6 Å². The number of primary sulfonamides is 1. The maximum absolute atomic E-state index is 11.1. The number of nitrogens with zero attached hydrogens (tertiary/aromatic N) is 1. The van der Waals surface area contributed by atoms with E-state index in [1.807, 2.05) is 0 Å². The van der Waals surface area contributed by atoms with Gasteiger partial charge in [0.15, 0.2) is 0 Å². The van der Waals surface area contributed by atoms with Gasteiger partial charge in [-0.2, -0.15) is 0 Å². The number of piperidine rings is 1. The first-order chi connectivity index (χ1) is 9.86. The van der Waals surface area contributed by atoms with Gasteiger partial charge in [-0.15, -0.1) is 0 Å². The van der Waals surface area contributed by atoms with Crippen molar-refractivity contribution in [2.75, 3.05) is 19.7 Å². The number of ether oxygens (including phenoxy) is 1. The van der Waals surface area contributed by atoms with Gasteiger partial charge in [0.1, 0.15) is 12.4 Å². The Morgan fingerprint density at radius 2 is 2.00 bits per heavy atom.